The van der Waals surface area contributed by atoms with E-state index in [4.69, 9.17) is 21.7 Å². The summed E-state index contributed by atoms with van der Waals surface area (Å²) in [7, 11) is 3.48. The molecule has 0 bridgehead atoms. The highest BCUT2D eigenvalue weighted by Gasteiger charge is 2.36. The highest BCUT2D eigenvalue weighted by atomic mass is 35.5. The lowest BCUT2D eigenvalue weighted by Gasteiger charge is -2.24. The summed E-state index contributed by atoms with van der Waals surface area (Å²) in [5, 5.41) is 8.86. The van der Waals surface area contributed by atoms with E-state index >= 15 is 0 Å². The van der Waals surface area contributed by atoms with E-state index in [1.54, 1.807) is 36.0 Å². The summed E-state index contributed by atoms with van der Waals surface area (Å²) in [5.74, 6) is 0.208. The fourth-order valence-electron chi connectivity index (χ4n) is 4.48. The van der Waals surface area contributed by atoms with E-state index in [1.807, 2.05) is 18.0 Å². The third kappa shape index (κ3) is 3.47. The van der Waals surface area contributed by atoms with Gasteiger partial charge < -0.3 is 10.2 Å². The number of carbonyl (C=O) groups is 2. The minimum absolute atomic E-state index is 0.0537. The Morgan fingerprint density at radius 3 is 2.58 bits per heavy atom. The second-order valence-electron chi connectivity index (χ2n) is 8.32. The second-order valence-corrected chi connectivity index (χ2v) is 8.76. The Balaban J connectivity index is 1.61. The zero-order valence-corrected chi connectivity index (χ0v) is 18.3. The molecule has 2 aliphatic rings. The highest BCUT2D eigenvalue weighted by molar-refractivity contribution is 6.30. The molecule has 2 amide bonds. The number of nitrogens with one attached hydrogen (secondary N) is 1. The molecule has 1 saturated heterocycles. The van der Waals surface area contributed by atoms with E-state index in [0.29, 0.717) is 34.3 Å². The van der Waals surface area contributed by atoms with Gasteiger partial charge in [0.1, 0.15) is 0 Å². The van der Waals surface area contributed by atoms with Crippen LogP contribution in [0.15, 0.2) is 30.3 Å². The molecule has 3 heterocycles. The van der Waals surface area contributed by atoms with Crippen molar-refractivity contribution in [1.29, 1.82) is 0 Å². The Hall–Kier alpha value is -2.93. The van der Waals surface area contributed by atoms with Crippen LogP contribution in [0.5, 0.6) is 0 Å². The van der Waals surface area contributed by atoms with Crippen LogP contribution in [0.25, 0.3) is 11.0 Å². The van der Waals surface area contributed by atoms with Gasteiger partial charge in [0.2, 0.25) is 0 Å². The Labute approximate surface area is 185 Å². The number of aromatic nitrogens is 3. The number of amides is 2. The lowest BCUT2D eigenvalue weighted by atomic mass is 10.0. The smallest absolute Gasteiger partial charge is 0.254 e. The third-order valence-corrected chi connectivity index (χ3v) is 6.48. The van der Waals surface area contributed by atoms with Gasteiger partial charge in [0.25, 0.3) is 11.8 Å². The Bertz CT molecular complexity index is 1180. The van der Waals surface area contributed by atoms with E-state index in [-0.39, 0.29) is 17.9 Å². The van der Waals surface area contributed by atoms with Crippen LogP contribution in [0.1, 0.15) is 69.7 Å². The molecule has 1 atom stereocenters. The quantitative estimate of drug-likeness (QED) is 0.672. The van der Waals surface area contributed by atoms with Crippen molar-refractivity contribution in [3.05, 3.63) is 57.9 Å². The van der Waals surface area contributed by atoms with Crippen LogP contribution in [0.2, 0.25) is 5.02 Å². The van der Waals surface area contributed by atoms with E-state index in [1.165, 1.54) is 0 Å². The van der Waals surface area contributed by atoms with Crippen LogP contribution < -0.4 is 5.32 Å². The van der Waals surface area contributed by atoms with Gasteiger partial charge in [-0.05, 0) is 56.0 Å². The first-order valence-electron chi connectivity index (χ1n) is 10.6. The molecule has 8 heteroatoms. The first-order chi connectivity index (χ1) is 15.0. The van der Waals surface area contributed by atoms with Crippen molar-refractivity contribution >= 4 is 34.4 Å². The molecule has 31 heavy (non-hydrogen) atoms. The van der Waals surface area contributed by atoms with Crippen molar-refractivity contribution in [2.45, 2.75) is 37.6 Å². The summed E-state index contributed by atoms with van der Waals surface area (Å²) in [6.45, 7) is 0.646. The largest absolute Gasteiger partial charge is 0.355 e. The molecular formula is C23H24ClN5O2. The zero-order valence-electron chi connectivity index (χ0n) is 17.6. The molecule has 7 nitrogen and oxygen atoms in total. The maximum absolute atomic E-state index is 13.3. The van der Waals surface area contributed by atoms with Crippen molar-refractivity contribution in [2.24, 2.45) is 7.05 Å². The number of hydrogen-bond donors (Lipinski definition) is 1. The van der Waals surface area contributed by atoms with Gasteiger partial charge in [0.05, 0.1) is 22.7 Å². The summed E-state index contributed by atoms with van der Waals surface area (Å²) >= 11 is 5.99. The third-order valence-electron chi connectivity index (χ3n) is 6.23. The number of nitrogens with zero attached hydrogens (tertiary/aromatic N) is 4. The normalized spacial score (nSPS) is 18.5. The van der Waals surface area contributed by atoms with E-state index < -0.39 is 0 Å². The molecule has 5 rings (SSSR count). The molecule has 160 valence electrons. The molecule has 2 aromatic heterocycles. The number of pyridine rings is 1. The lowest BCUT2D eigenvalue weighted by Crippen LogP contribution is -2.31. The van der Waals surface area contributed by atoms with E-state index in [9.17, 15) is 9.59 Å². The Morgan fingerprint density at radius 2 is 1.90 bits per heavy atom. The number of carbonyl (C=O) groups excluding carboxylic acids is 2. The lowest BCUT2D eigenvalue weighted by molar-refractivity contribution is 0.0733. The van der Waals surface area contributed by atoms with E-state index in [2.05, 4.69) is 5.32 Å². The number of benzene rings is 1. The molecule has 1 saturated carbocycles. The second kappa shape index (κ2) is 7.64. The number of likely N-dealkylation sites (tertiary alicyclic amines) is 1. The standard InChI is InChI=1S/C23H24ClN5O2/c1-25-22(30)16-12-17(13-5-6-13)26-21-19(16)20(27-28(21)2)18-4-3-11-29(18)23(31)14-7-9-15(24)10-8-14/h7-10,12-13,18H,3-6,11H2,1-2H3,(H,25,30). The summed E-state index contributed by atoms with van der Waals surface area (Å²) < 4.78 is 1.74. The molecule has 1 aliphatic heterocycles. The van der Waals surface area contributed by atoms with Gasteiger partial charge >= 0.3 is 0 Å². The van der Waals surface area contributed by atoms with Crippen LogP contribution >= 0.6 is 11.6 Å². The number of fused-ring (bicyclic) bond motifs is 1. The number of aryl methyl sites for hydroxylation is 1. The van der Waals surface area contributed by atoms with Gasteiger partial charge in [-0.25, -0.2) is 4.98 Å². The fraction of sp³-hybridized carbons (Fsp3) is 0.391. The maximum Gasteiger partial charge on any atom is 0.254 e. The molecular weight excluding hydrogens is 414 g/mol. The van der Waals surface area contributed by atoms with Crippen LogP contribution in [-0.4, -0.2) is 45.1 Å². The van der Waals surface area contributed by atoms with Gasteiger partial charge in [0, 0.05) is 42.8 Å². The fourth-order valence-corrected chi connectivity index (χ4v) is 4.61. The van der Waals surface area contributed by atoms with E-state index in [0.717, 1.165) is 42.5 Å². The molecule has 1 aromatic carbocycles. The van der Waals surface area contributed by atoms with Gasteiger partial charge in [-0.15, -0.1) is 0 Å². The van der Waals surface area contributed by atoms with Crippen molar-refractivity contribution < 1.29 is 9.59 Å². The maximum atomic E-state index is 13.3. The molecule has 2 fully saturated rings. The van der Waals surface area contributed by atoms with Gasteiger partial charge in [0.15, 0.2) is 5.65 Å². The van der Waals surface area contributed by atoms with Gasteiger partial charge in [-0.3, -0.25) is 14.3 Å². The highest BCUT2D eigenvalue weighted by Crippen LogP contribution is 2.42. The Kier molecular flexibility index (Phi) is 4.93. The minimum Gasteiger partial charge on any atom is -0.355 e. The molecule has 1 unspecified atom stereocenters. The van der Waals surface area contributed by atoms with Crippen LogP contribution in [0.4, 0.5) is 0 Å². The summed E-state index contributed by atoms with van der Waals surface area (Å²) in [6.07, 6.45) is 3.87. The van der Waals surface area contributed by atoms with Crippen molar-refractivity contribution in [3.63, 3.8) is 0 Å². The summed E-state index contributed by atoms with van der Waals surface area (Å²) in [5.41, 5.74) is 3.57. The number of halogens is 1. The van der Waals surface area contributed by atoms with Crippen molar-refractivity contribution in [1.82, 2.24) is 25.0 Å². The van der Waals surface area contributed by atoms with Crippen LogP contribution in [-0.2, 0) is 7.05 Å². The average molecular weight is 438 g/mol. The predicted molar refractivity (Wildman–Crippen MR) is 118 cm³/mol. The predicted octanol–water partition coefficient (Wildman–Crippen LogP) is 3.84. The molecule has 0 radical (unpaired) electrons. The molecule has 1 aliphatic carbocycles. The van der Waals surface area contributed by atoms with Crippen LogP contribution in [0.3, 0.4) is 0 Å². The summed E-state index contributed by atoms with van der Waals surface area (Å²) in [4.78, 5) is 32.8. The zero-order chi connectivity index (χ0) is 21.7. The first kappa shape index (κ1) is 20.0. The topological polar surface area (TPSA) is 80.1 Å². The number of hydrogen-bond acceptors (Lipinski definition) is 4. The van der Waals surface area contributed by atoms with Gasteiger partial charge in [-0.1, -0.05) is 11.6 Å². The monoisotopic (exact) mass is 437 g/mol. The summed E-state index contributed by atoms with van der Waals surface area (Å²) in [6, 6.07) is 8.64. The molecule has 1 N–H and O–H groups in total. The Morgan fingerprint density at radius 1 is 1.16 bits per heavy atom. The average Bonchev–Trinajstić information content (AvgIpc) is 3.43. The number of rotatable bonds is 4. The molecule has 0 spiro atoms. The van der Waals surface area contributed by atoms with Gasteiger partial charge in [-0.2, -0.15) is 5.10 Å². The molecule has 3 aromatic rings. The van der Waals surface area contributed by atoms with Crippen molar-refractivity contribution in [2.75, 3.05) is 13.6 Å². The first-order valence-corrected chi connectivity index (χ1v) is 11.0. The van der Waals surface area contributed by atoms with Crippen molar-refractivity contribution in [3.8, 4) is 0 Å². The minimum atomic E-state index is -0.205. The van der Waals surface area contributed by atoms with Crippen LogP contribution in [0, 0.1) is 0 Å². The SMILES string of the molecule is CNC(=O)c1cc(C2CC2)nc2c1c(C1CCCN1C(=O)c1ccc(Cl)cc1)nn2C.